The monoisotopic (exact) mass is 240 g/mol. The second kappa shape index (κ2) is 4.09. The number of fused-ring (bicyclic) bond motifs is 1. The van der Waals surface area contributed by atoms with E-state index in [-0.39, 0.29) is 11.8 Å². The number of hydrogen-bond acceptors (Lipinski definition) is 4. The number of methoxy groups -OCH3 is 1. The van der Waals surface area contributed by atoms with E-state index in [0.717, 1.165) is 6.42 Å². The van der Waals surface area contributed by atoms with Crippen molar-refractivity contribution in [2.24, 2.45) is 11.3 Å². The standard InChI is InChI=1S/C13H20O4/c1-12-7-3-5-9(11(15)17-2)13(12,16)8-4-6-10(12)14/h9,16H,3-8H2,1-2H3/t9?,12-,13-/m0/s1. The minimum atomic E-state index is -1.20. The first-order valence-electron chi connectivity index (χ1n) is 6.29. The summed E-state index contributed by atoms with van der Waals surface area (Å²) < 4.78 is 4.77. The zero-order valence-corrected chi connectivity index (χ0v) is 10.5. The van der Waals surface area contributed by atoms with E-state index in [1.54, 1.807) is 0 Å². The van der Waals surface area contributed by atoms with Crippen molar-refractivity contribution in [3.05, 3.63) is 0 Å². The van der Waals surface area contributed by atoms with Gasteiger partial charge in [-0.2, -0.15) is 0 Å². The zero-order chi connectivity index (χ0) is 12.7. The van der Waals surface area contributed by atoms with Crippen LogP contribution in [-0.2, 0) is 14.3 Å². The quantitative estimate of drug-likeness (QED) is 0.705. The fourth-order valence-corrected chi connectivity index (χ4v) is 3.58. The molecule has 1 unspecified atom stereocenters. The van der Waals surface area contributed by atoms with Gasteiger partial charge in [-0.15, -0.1) is 0 Å². The lowest BCUT2D eigenvalue weighted by Crippen LogP contribution is -2.62. The second-order valence-electron chi connectivity index (χ2n) is 5.50. The van der Waals surface area contributed by atoms with Crippen LogP contribution in [0.25, 0.3) is 0 Å². The molecule has 0 aromatic heterocycles. The van der Waals surface area contributed by atoms with Gasteiger partial charge in [0.1, 0.15) is 5.78 Å². The highest BCUT2D eigenvalue weighted by molar-refractivity contribution is 5.88. The van der Waals surface area contributed by atoms with Gasteiger partial charge < -0.3 is 9.84 Å². The fourth-order valence-electron chi connectivity index (χ4n) is 3.58. The van der Waals surface area contributed by atoms with Crippen LogP contribution in [0.1, 0.15) is 45.4 Å². The van der Waals surface area contributed by atoms with Crippen LogP contribution in [0.15, 0.2) is 0 Å². The molecule has 2 aliphatic carbocycles. The highest BCUT2D eigenvalue weighted by Gasteiger charge is 2.61. The molecule has 2 fully saturated rings. The smallest absolute Gasteiger partial charge is 0.311 e. The summed E-state index contributed by atoms with van der Waals surface area (Å²) >= 11 is 0. The molecule has 0 aliphatic heterocycles. The number of hydrogen-bond donors (Lipinski definition) is 1. The van der Waals surface area contributed by atoms with Crippen LogP contribution in [0, 0.1) is 11.3 Å². The fraction of sp³-hybridized carbons (Fsp3) is 0.846. The molecule has 0 bridgehead atoms. The Kier molecular flexibility index (Phi) is 3.02. The molecular weight excluding hydrogens is 220 g/mol. The predicted molar refractivity (Wildman–Crippen MR) is 61.3 cm³/mol. The van der Waals surface area contributed by atoms with E-state index in [1.165, 1.54) is 7.11 Å². The van der Waals surface area contributed by atoms with Crippen LogP contribution in [-0.4, -0.2) is 29.6 Å². The Bertz CT molecular complexity index is 351. The minimum absolute atomic E-state index is 0.0971. The number of carbonyl (C=O) groups excluding carboxylic acids is 2. The van der Waals surface area contributed by atoms with Crippen LogP contribution in [0.5, 0.6) is 0 Å². The van der Waals surface area contributed by atoms with E-state index in [2.05, 4.69) is 0 Å². The molecule has 3 atom stereocenters. The molecule has 4 nitrogen and oxygen atoms in total. The molecule has 0 aromatic carbocycles. The highest BCUT2D eigenvalue weighted by atomic mass is 16.5. The van der Waals surface area contributed by atoms with E-state index < -0.39 is 16.9 Å². The number of esters is 1. The Hall–Kier alpha value is -0.900. The van der Waals surface area contributed by atoms with E-state index >= 15 is 0 Å². The van der Waals surface area contributed by atoms with Crippen molar-refractivity contribution in [3.8, 4) is 0 Å². The van der Waals surface area contributed by atoms with Crippen molar-refractivity contribution in [2.75, 3.05) is 7.11 Å². The van der Waals surface area contributed by atoms with Crippen LogP contribution in [0.2, 0.25) is 0 Å². The molecule has 0 heterocycles. The summed E-state index contributed by atoms with van der Waals surface area (Å²) in [5.74, 6) is -0.830. The average Bonchev–Trinajstić information content (AvgIpc) is 2.30. The van der Waals surface area contributed by atoms with Gasteiger partial charge in [-0.05, 0) is 32.6 Å². The van der Waals surface area contributed by atoms with Gasteiger partial charge in [-0.25, -0.2) is 0 Å². The van der Waals surface area contributed by atoms with Gasteiger partial charge in [0.05, 0.1) is 24.0 Å². The molecule has 2 rings (SSSR count). The average molecular weight is 240 g/mol. The number of rotatable bonds is 1. The van der Waals surface area contributed by atoms with Crippen molar-refractivity contribution in [1.29, 1.82) is 0 Å². The number of Topliss-reactive ketones (excluding diaryl/α,β-unsaturated/α-hetero) is 1. The number of ketones is 1. The summed E-state index contributed by atoms with van der Waals surface area (Å²) in [6.07, 6.45) is 3.80. The SMILES string of the molecule is COC(=O)C1CCC[C@@]2(C)C(=O)CCC[C@]12O. The summed E-state index contributed by atoms with van der Waals surface area (Å²) in [4.78, 5) is 23.9. The normalized spacial score (nSPS) is 41.8. The number of carbonyl (C=O) groups is 2. The lowest BCUT2D eigenvalue weighted by atomic mass is 9.53. The Morgan fingerprint density at radius 3 is 2.76 bits per heavy atom. The van der Waals surface area contributed by atoms with Gasteiger partial charge in [0.2, 0.25) is 0 Å². The molecule has 0 aromatic rings. The minimum Gasteiger partial charge on any atom is -0.469 e. The third kappa shape index (κ3) is 1.61. The molecule has 17 heavy (non-hydrogen) atoms. The van der Waals surface area contributed by atoms with E-state index in [0.29, 0.717) is 32.1 Å². The summed E-state index contributed by atoms with van der Waals surface area (Å²) in [7, 11) is 1.34. The molecule has 0 radical (unpaired) electrons. The maximum Gasteiger partial charge on any atom is 0.311 e. The zero-order valence-electron chi connectivity index (χ0n) is 10.5. The Morgan fingerprint density at radius 2 is 2.12 bits per heavy atom. The first kappa shape index (κ1) is 12.6. The topological polar surface area (TPSA) is 63.6 Å². The first-order chi connectivity index (χ1) is 7.95. The maximum atomic E-state index is 12.1. The van der Waals surface area contributed by atoms with Gasteiger partial charge in [0.15, 0.2) is 0 Å². The summed E-state index contributed by atoms with van der Waals surface area (Å²) in [6, 6.07) is 0. The van der Waals surface area contributed by atoms with Crippen LogP contribution >= 0.6 is 0 Å². The largest absolute Gasteiger partial charge is 0.469 e. The van der Waals surface area contributed by atoms with E-state index in [4.69, 9.17) is 4.74 Å². The lowest BCUT2D eigenvalue weighted by Gasteiger charge is -2.53. The number of ether oxygens (including phenoxy) is 1. The van der Waals surface area contributed by atoms with Crippen molar-refractivity contribution < 1.29 is 19.4 Å². The Morgan fingerprint density at radius 1 is 1.41 bits per heavy atom. The molecule has 0 spiro atoms. The highest BCUT2D eigenvalue weighted by Crippen LogP contribution is 2.53. The molecule has 4 heteroatoms. The van der Waals surface area contributed by atoms with Crippen LogP contribution < -0.4 is 0 Å². The van der Waals surface area contributed by atoms with Gasteiger partial charge in [0.25, 0.3) is 0 Å². The van der Waals surface area contributed by atoms with E-state index in [1.807, 2.05) is 6.92 Å². The second-order valence-corrected chi connectivity index (χ2v) is 5.50. The summed E-state index contributed by atoms with van der Waals surface area (Å²) in [5, 5.41) is 10.9. The molecule has 0 saturated heterocycles. The van der Waals surface area contributed by atoms with Crippen molar-refractivity contribution in [2.45, 2.75) is 51.0 Å². The van der Waals surface area contributed by atoms with Gasteiger partial charge >= 0.3 is 5.97 Å². The molecule has 0 amide bonds. The number of aliphatic hydroxyl groups is 1. The Balaban J connectivity index is 2.39. The van der Waals surface area contributed by atoms with Gasteiger partial charge in [-0.1, -0.05) is 6.42 Å². The van der Waals surface area contributed by atoms with Crippen LogP contribution in [0.4, 0.5) is 0 Å². The van der Waals surface area contributed by atoms with E-state index in [9.17, 15) is 14.7 Å². The first-order valence-corrected chi connectivity index (χ1v) is 6.29. The summed E-state index contributed by atoms with van der Waals surface area (Å²) in [6.45, 7) is 1.81. The molecular formula is C13H20O4. The van der Waals surface area contributed by atoms with Gasteiger partial charge in [0, 0.05) is 6.42 Å². The third-order valence-corrected chi connectivity index (χ3v) is 4.76. The summed E-state index contributed by atoms with van der Waals surface area (Å²) in [5.41, 5.74) is -1.96. The van der Waals surface area contributed by atoms with Gasteiger partial charge in [-0.3, -0.25) is 9.59 Å². The maximum absolute atomic E-state index is 12.1. The lowest BCUT2D eigenvalue weighted by molar-refractivity contribution is -0.193. The molecule has 2 aliphatic rings. The van der Waals surface area contributed by atoms with Crippen molar-refractivity contribution in [1.82, 2.24) is 0 Å². The molecule has 2 saturated carbocycles. The Labute approximate surface area is 101 Å². The molecule has 1 N–H and O–H groups in total. The van der Waals surface area contributed by atoms with Crippen molar-refractivity contribution >= 4 is 11.8 Å². The third-order valence-electron chi connectivity index (χ3n) is 4.76. The predicted octanol–water partition coefficient (Wildman–Crippen LogP) is 1.45. The van der Waals surface area contributed by atoms with Crippen LogP contribution in [0.3, 0.4) is 0 Å². The van der Waals surface area contributed by atoms with Crippen molar-refractivity contribution in [3.63, 3.8) is 0 Å². The molecule has 96 valence electrons.